The molecule has 0 bridgehead atoms. The van der Waals surface area contributed by atoms with Gasteiger partial charge in [-0.25, -0.2) is 0 Å². The summed E-state index contributed by atoms with van der Waals surface area (Å²) >= 11 is 1.66. The van der Waals surface area contributed by atoms with E-state index in [9.17, 15) is 0 Å². The molecule has 7 heteroatoms. The van der Waals surface area contributed by atoms with Gasteiger partial charge in [-0.15, -0.1) is 11.3 Å². The third kappa shape index (κ3) is 2.28. The number of hydrogen-bond acceptors (Lipinski definition) is 6. The van der Waals surface area contributed by atoms with Gasteiger partial charge in [-0.2, -0.15) is 10.1 Å². The summed E-state index contributed by atoms with van der Waals surface area (Å²) in [5, 5.41) is 10.6. The summed E-state index contributed by atoms with van der Waals surface area (Å²) in [6, 6.07) is 6.04. The van der Waals surface area contributed by atoms with Crippen LogP contribution in [0.5, 0.6) is 0 Å². The minimum atomic E-state index is 0.243. The summed E-state index contributed by atoms with van der Waals surface area (Å²) in [4.78, 5) is 5.63. The smallest absolute Gasteiger partial charge is 0.276 e. The molecular weight excluding hydrogens is 288 g/mol. The Labute approximate surface area is 125 Å². The lowest BCUT2D eigenvalue weighted by Gasteiger charge is -1.97. The SMILES string of the molecule is Cn1nc(-c2cccs2)cc1-c1nc(C2CCOC2)no1. The maximum absolute atomic E-state index is 5.40. The zero-order valence-electron chi connectivity index (χ0n) is 11.5. The lowest BCUT2D eigenvalue weighted by molar-refractivity contribution is 0.192. The molecule has 1 atom stereocenters. The van der Waals surface area contributed by atoms with Gasteiger partial charge in [0, 0.05) is 19.6 Å². The van der Waals surface area contributed by atoms with E-state index >= 15 is 0 Å². The number of rotatable bonds is 3. The molecule has 1 aliphatic rings. The number of nitrogens with zero attached hydrogens (tertiary/aromatic N) is 4. The molecule has 0 N–H and O–H groups in total. The maximum Gasteiger partial charge on any atom is 0.276 e. The van der Waals surface area contributed by atoms with Gasteiger partial charge >= 0.3 is 0 Å². The molecule has 4 heterocycles. The van der Waals surface area contributed by atoms with Crippen molar-refractivity contribution in [3.05, 3.63) is 29.4 Å². The largest absolute Gasteiger partial charge is 0.381 e. The van der Waals surface area contributed by atoms with E-state index in [1.165, 1.54) is 0 Å². The summed E-state index contributed by atoms with van der Waals surface area (Å²) in [5.74, 6) is 1.48. The fourth-order valence-corrected chi connectivity index (χ4v) is 3.14. The normalized spacial score (nSPS) is 18.4. The van der Waals surface area contributed by atoms with Crippen molar-refractivity contribution in [1.82, 2.24) is 19.9 Å². The van der Waals surface area contributed by atoms with Gasteiger partial charge in [-0.1, -0.05) is 11.2 Å². The highest BCUT2D eigenvalue weighted by Gasteiger charge is 2.24. The fourth-order valence-electron chi connectivity index (χ4n) is 2.46. The molecule has 0 aliphatic carbocycles. The topological polar surface area (TPSA) is 66.0 Å². The van der Waals surface area contributed by atoms with E-state index in [-0.39, 0.29) is 5.92 Å². The first-order chi connectivity index (χ1) is 10.3. The molecule has 0 radical (unpaired) electrons. The van der Waals surface area contributed by atoms with Crippen molar-refractivity contribution < 1.29 is 9.26 Å². The average Bonchev–Trinajstić information content (AvgIpc) is 3.26. The van der Waals surface area contributed by atoms with E-state index in [2.05, 4.69) is 15.2 Å². The van der Waals surface area contributed by atoms with Crippen LogP contribution in [-0.2, 0) is 11.8 Å². The molecule has 3 aromatic heterocycles. The number of hydrogen-bond donors (Lipinski definition) is 0. The zero-order chi connectivity index (χ0) is 14.2. The average molecular weight is 302 g/mol. The van der Waals surface area contributed by atoms with E-state index in [4.69, 9.17) is 9.26 Å². The molecule has 4 rings (SSSR count). The molecule has 0 spiro atoms. The van der Waals surface area contributed by atoms with Gasteiger partial charge in [-0.3, -0.25) is 4.68 Å². The Bertz CT molecular complexity index is 741. The minimum absolute atomic E-state index is 0.243. The van der Waals surface area contributed by atoms with Gasteiger partial charge in [0.05, 0.1) is 11.5 Å². The molecule has 0 aromatic carbocycles. The number of ether oxygens (including phenoxy) is 1. The Kier molecular flexibility index (Phi) is 3.08. The molecule has 3 aromatic rings. The molecule has 1 aliphatic heterocycles. The number of aryl methyl sites for hydroxylation is 1. The predicted molar refractivity (Wildman–Crippen MR) is 78.0 cm³/mol. The van der Waals surface area contributed by atoms with Crippen LogP contribution in [-0.4, -0.2) is 33.1 Å². The summed E-state index contributed by atoms with van der Waals surface area (Å²) in [6.45, 7) is 1.44. The van der Waals surface area contributed by atoms with E-state index in [1.54, 1.807) is 16.0 Å². The van der Waals surface area contributed by atoms with Crippen molar-refractivity contribution in [3.63, 3.8) is 0 Å². The fraction of sp³-hybridized carbons (Fsp3) is 0.357. The van der Waals surface area contributed by atoms with Crippen molar-refractivity contribution in [3.8, 4) is 22.2 Å². The first kappa shape index (κ1) is 12.7. The maximum atomic E-state index is 5.40. The van der Waals surface area contributed by atoms with Gasteiger partial charge in [0.15, 0.2) is 5.82 Å². The third-order valence-corrected chi connectivity index (χ3v) is 4.50. The van der Waals surface area contributed by atoms with Crippen molar-refractivity contribution in [2.24, 2.45) is 7.05 Å². The Hall–Kier alpha value is -1.99. The molecule has 0 saturated carbocycles. The Morgan fingerprint density at radius 1 is 1.43 bits per heavy atom. The van der Waals surface area contributed by atoms with Crippen LogP contribution in [0.2, 0.25) is 0 Å². The summed E-state index contributed by atoms with van der Waals surface area (Å²) in [5.41, 5.74) is 1.75. The van der Waals surface area contributed by atoms with Gasteiger partial charge in [0.25, 0.3) is 5.89 Å². The highest BCUT2D eigenvalue weighted by Crippen LogP contribution is 2.29. The lowest BCUT2D eigenvalue weighted by Crippen LogP contribution is -2.00. The van der Waals surface area contributed by atoms with E-state index in [0.717, 1.165) is 35.1 Å². The predicted octanol–water partition coefficient (Wildman–Crippen LogP) is 2.70. The molecule has 21 heavy (non-hydrogen) atoms. The molecule has 1 saturated heterocycles. The van der Waals surface area contributed by atoms with Crippen molar-refractivity contribution >= 4 is 11.3 Å². The van der Waals surface area contributed by atoms with E-state index < -0.39 is 0 Å². The van der Waals surface area contributed by atoms with E-state index in [1.807, 2.05) is 30.6 Å². The molecule has 1 unspecified atom stereocenters. The van der Waals surface area contributed by atoms with Crippen LogP contribution in [0.3, 0.4) is 0 Å². The summed E-state index contributed by atoms with van der Waals surface area (Å²) < 4.78 is 12.5. The number of thiophene rings is 1. The molecule has 1 fully saturated rings. The first-order valence-electron chi connectivity index (χ1n) is 6.81. The van der Waals surface area contributed by atoms with E-state index in [0.29, 0.717) is 12.5 Å². The van der Waals surface area contributed by atoms with Gasteiger partial charge in [0.2, 0.25) is 0 Å². The summed E-state index contributed by atoms with van der Waals surface area (Å²) in [7, 11) is 1.88. The first-order valence-corrected chi connectivity index (χ1v) is 7.69. The Morgan fingerprint density at radius 2 is 2.38 bits per heavy atom. The zero-order valence-corrected chi connectivity index (χ0v) is 12.3. The van der Waals surface area contributed by atoms with Crippen molar-refractivity contribution in [1.29, 1.82) is 0 Å². The van der Waals surface area contributed by atoms with Crippen molar-refractivity contribution in [2.45, 2.75) is 12.3 Å². The second-order valence-electron chi connectivity index (χ2n) is 5.03. The molecular formula is C14H14N4O2S. The third-order valence-electron chi connectivity index (χ3n) is 3.61. The van der Waals surface area contributed by atoms with Crippen LogP contribution < -0.4 is 0 Å². The lowest BCUT2D eigenvalue weighted by atomic mass is 10.1. The Morgan fingerprint density at radius 3 is 3.14 bits per heavy atom. The molecule has 108 valence electrons. The van der Waals surface area contributed by atoms with Gasteiger partial charge < -0.3 is 9.26 Å². The second-order valence-corrected chi connectivity index (χ2v) is 5.98. The summed E-state index contributed by atoms with van der Waals surface area (Å²) in [6.07, 6.45) is 0.949. The van der Waals surface area contributed by atoms with Crippen molar-refractivity contribution in [2.75, 3.05) is 13.2 Å². The quantitative estimate of drug-likeness (QED) is 0.744. The van der Waals surface area contributed by atoms with Gasteiger partial charge in [0.1, 0.15) is 11.4 Å². The standard InChI is InChI=1S/C14H14N4O2S/c1-18-11(7-10(16-18)12-3-2-6-21-12)14-15-13(17-20-14)9-4-5-19-8-9/h2-3,6-7,9H,4-5,8H2,1H3. The van der Waals surface area contributed by atoms with Crippen LogP contribution in [0.15, 0.2) is 28.1 Å². The van der Waals surface area contributed by atoms with Gasteiger partial charge in [-0.05, 0) is 23.9 Å². The highest BCUT2D eigenvalue weighted by molar-refractivity contribution is 7.13. The minimum Gasteiger partial charge on any atom is -0.381 e. The highest BCUT2D eigenvalue weighted by atomic mass is 32.1. The van der Waals surface area contributed by atoms with Crippen LogP contribution in [0.1, 0.15) is 18.2 Å². The number of aromatic nitrogens is 4. The Balaban J connectivity index is 1.67. The van der Waals surface area contributed by atoms with Crippen LogP contribution in [0.4, 0.5) is 0 Å². The molecule has 6 nitrogen and oxygen atoms in total. The monoisotopic (exact) mass is 302 g/mol. The van der Waals surface area contributed by atoms with Crippen LogP contribution >= 0.6 is 11.3 Å². The second kappa shape index (κ2) is 5.09. The van der Waals surface area contributed by atoms with Crippen LogP contribution in [0.25, 0.3) is 22.2 Å². The molecule has 0 amide bonds. The van der Waals surface area contributed by atoms with Crippen LogP contribution in [0, 0.1) is 0 Å².